The highest BCUT2D eigenvalue weighted by Gasteiger charge is 2.33. The summed E-state index contributed by atoms with van der Waals surface area (Å²) in [6.45, 7) is 5.46. The van der Waals surface area contributed by atoms with Crippen molar-refractivity contribution in [3.8, 4) is 0 Å². The van der Waals surface area contributed by atoms with Gasteiger partial charge < -0.3 is 9.64 Å². The number of imide groups is 1. The molecule has 0 aliphatic carbocycles. The van der Waals surface area contributed by atoms with Gasteiger partial charge in [0.2, 0.25) is 5.91 Å². The van der Waals surface area contributed by atoms with E-state index in [-0.39, 0.29) is 31.4 Å². The third kappa shape index (κ3) is 3.72. The number of carbonyl (C=O) groups excluding carboxylic acids is 3. The molecule has 0 aromatic rings. The Kier molecular flexibility index (Phi) is 3.75. The summed E-state index contributed by atoms with van der Waals surface area (Å²) in [6.07, 6.45) is 0.0303. The number of hydrogen-bond donors (Lipinski definition) is 0. The maximum Gasteiger partial charge on any atom is 0.326 e. The van der Waals surface area contributed by atoms with Crippen LogP contribution >= 0.6 is 0 Å². The van der Waals surface area contributed by atoms with E-state index < -0.39 is 11.6 Å². The zero-order valence-corrected chi connectivity index (χ0v) is 10.6. The molecule has 1 saturated heterocycles. The van der Waals surface area contributed by atoms with Gasteiger partial charge in [-0.25, -0.2) is 4.79 Å². The minimum Gasteiger partial charge on any atom is -0.460 e. The Balaban J connectivity index is 2.44. The molecular weight excluding hydrogens is 224 g/mol. The van der Waals surface area contributed by atoms with E-state index in [1.54, 1.807) is 27.8 Å². The number of urea groups is 1. The molecule has 6 heteroatoms. The second-order valence-corrected chi connectivity index (χ2v) is 5.02. The van der Waals surface area contributed by atoms with Gasteiger partial charge in [-0.2, -0.15) is 0 Å². The van der Waals surface area contributed by atoms with Crippen molar-refractivity contribution in [1.82, 2.24) is 9.80 Å². The molecule has 1 rings (SSSR count). The summed E-state index contributed by atoms with van der Waals surface area (Å²) in [6, 6.07) is -0.362. The maximum atomic E-state index is 11.5. The Labute approximate surface area is 101 Å². The molecular formula is C11H18N2O4. The first-order valence-corrected chi connectivity index (χ1v) is 5.48. The van der Waals surface area contributed by atoms with Crippen molar-refractivity contribution >= 4 is 17.9 Å². The molecule has 1 fully saturated rings. The van der Waals surface area contributed by atoms with Crippen LogP contribution in [-0.2, 0) is 14.3 Å². The molecule has 1 aliphatic rings. The molecule has 0 aromatic heterocycles. The lowest BCUT2D eigenvalue weighted by Gasteiger charge is -2.20. The summed E-state index contributed by atoms with van der Waals surface area (Å²) in [5, 5.41) is 0. The van der Waals surface area contributed by atoms with Gasteiger partial charge in [0.05, 0.1) is 6.42 Å². The van der Waals surface area contributed by atoms with Crippen molar-refractivity contribution in [2.24, 2.45) is 0 Å². The molecule has 1 aliphatic heterocycles. The van der Waals surface area contributed by atoms with Gasteiger partial charge in [0.15, 0.2) is 0 Å². The highest BCUT2D eigenvalue weighted by molar-refractivity contribution is 6.02. The zero-order valence-electron chi connectivity index (χ0n) is 10.6. The zero-order chi connectivity index (χ0) is 13.2. The van der Waals surface area contributed by atoms with E-state index in [0.717, 1.165) is 4.90 Å². The van der Waals surface area contributed by atoms with E-state index in [2.05, 4.69) is 0 Å². The van der Waals surface area contributed by atoms with E-state index in [1.807, 2.05) is 0 Å². The first-order chi connectivity index (χ1) is 7.70. The average molecular weight is 242 g/mol. The van der Waals surface area contributed by atoms with Crippen molar-refractivity contribution in [3.63, 3.8) is 0 Å². The number of amides is 3. The molecule has 3 amide bonds. The molecule has 0 spiro atoms. The van der Waals surface area contributed by atoms with Crippen LogP contribution in [0, 0.1) is 0 Å². The fourth-order valence-corrected chi connectivity index (χ4v) is 1.48. The molecule has 0 bridgehead atoms. The van der Waals surface area contributed by atoms with Gasteiger partial charge in [-0.1, -0.05) is 0 Å². The summed E-state index contributed by atoms with van der Waals surface area (Å²) in [7, 11) is 1.55. The van der Waals surface area contributed by atoms with Gasteiger partial charge in [-0.15, -0.1) is 0 Å². The van der Waals surface area contributed by atoms with Crippen LogP contribution in [0.4, 0.5) is 4.79 Å². The lowest BCUT2D eigenvalue weighted by atomic mass is 10.2. The van der Waals surface area contributed by atoms with Gasteiger partial charge in [0.1, 0.15) is 12.1 Å². The van der Waals surface area contributed by atoms with Crippen LogP contribution in [0.2, 0.25) is 0 Å². The SMILES string of the molecule is CN1CC(=O)N(CCC(=O)OC(C)(C)C)C1=O. The van der Waals surface area contributed by atoms with Gasteiger partial charge in [0.25, 0.3) is 0 Å². The first-order valence-electron chi connectivity index (χ1n) is 5.48. The third-order valence-corrected chi connectivity index (χ3v) is 2.19. The Bertz CT molecular complexity index is 346. The number of nitrogens with zero attached hydrogens (tertiary/aromatic N) is 2. The van der Waals surface area contributed by atoms with E-state index in [4.69, 9.17) is 4.74 Å². The summed E-state index contributed by atoms with van der Waals surface area (Å²) >= 11 is 0. The van der Waals surface area contributed by atoms with E-state index in [0.29, 0.717) is 0 Å². The Morgan fingerprint density at radius 2 is 1.94 bits per heavy atom. The van der Waals surface area contributed by atoms with Crippen molar-refractivity contribution in [3.05, 3.63) is 0 Å². The molecule has 0 unspecified atom stereocenters. The lowest BCUT2D eigenvalue weighted by molar-refractivity contribution is -0.155. The molecule has 0 aromatic carbocycles. The molecule has 96 valence electrons. The quantitative estimate of drug-likeness (QED) is 0.537. The smallest absolute Gasteiger partial charge is 0.326 e. The predicted molar refractivity (Wildman–Crippen MR) is 60.2 cm³/mol. The predicted octanol–water partition coefficient (Wildman–Crippen LogP) is 0.612. The van der Waals surface area contributed by atoms with Gasteiger partial charge >= 0.3 is 12.0 Å². The summed E-state index contributed by atoms with van der Waals surface area (Å²) in [4.78, 5) is 36.7. The van der Waals surface area contributed by atoms with Crippen LogP contribution in [-0.4, -0.2) is 53.4 Å². The fraction of sp³-hybridized carbons (Fsp3) is 0.727. The number of esters is 1. The van der Waals surface area contributed by atoms with Crippen molar-refractivity contribution in [1.29, 1.82) is 0 Å². The van der Waals surface area contributed by atoms with Gasteiger partial charge in [-0.05, 0) is 20.8 Å². The van der Waals surface area contributed by atoms with Gasteiger partial charge in [0, 0.05) is 13.6 Å². The van der Waals surface area contributed by atoms with Crippen LogP contribution in [0.1, 0.15) is 27.2 Å². The molecule has 6 nitrogen and oxygen atoms in total. The van der Waals surface area contributed by atoms with Crippen molar-refractivity contribution < 1.29 is 19.1 Å². The molecule has 17 heavy (non-hydrogen) atoms. The van der Waals surface area contributed by atoms with Crippen LogP contribution in [0.15, 0.2) is 0 Å². The average Bonchev–Trinajstić information content (AvgIpc) is 2.36. The molecule has 0 radical (unpaired) electrons. The molecule has 0 saturated carbocycles. The molecule has 1 heterocycles. The van der Waals surface area contributed by atoms with E-state index >= 15 is 0 Å². The monoisotopic (exact) mass is 242 g/mol. The minimum absolute atomic E-state index is 0.0303. The summed E-state index contributed by atoms with van der Waals surface area (Å²) in [5.41, 5.74) is -0.549. The third-order valence-electron chi connectivity index (χ3n) is 2.19. The molecule has 0 atom stereocenters. The lowest BCUT2D eigenvalue weighted by Crippen LogP contribution is -2.34. The number of rotatable bonds is 3. The van der Waals surface area contributed by atoms with E-state index in [9.17, 15) is 14.4 Å². The minimum atomic E-state index is -0.549. The highest BCUT2D eigenvalue weighted by atomic mass is 16.6. The van der Waals surface area contributed by atoms with Crippen LogP contribution in [0.3, 0.4) is 0 Å². The molecule has 0 N–H and O–H groups in total. The fourth-order valence-electron chi connectivity index (χ4n) is 1.48. The van der Waals surface area contributed by atoms with Crippen LogP contribution < -0.4 is 0 Å². The number of carbonyl (C=O) groups is 3. The normalized spacial score (nSPS) is 16.7. The Morgan fingerprint density at radius 1 is 1.35 bits per heavy atom. The largest absolute Gasteiger partial charge is 0.460 e. The van der Waals surface area contributed by atoms with Crippen LogP contribution in [0.25, 0.3) is 0 Å². The standard InChI is InChI=1S/C11H18N2O4/c1-11(2,3)17-9(15)5-6-13-8(14)7-12(4)10(13)16/h5-7H2,1-4H3. The van der Waals surface area contributed by atoms with Crippen molar-refractivity contribution in [2.75, 3.05) is 20.1 Å². The maximum absolute atomic E-state index is 11.5. The van der Waals surface area contributed by atoms with Crippen LogP contribution in [0.5, 0.6) is 0 Å². The topological polar surface area (TPSA) is 66.9 Å². The Hall–Kier alpha value is -1.59. The number of likely N-dealkylation sites (N-methyl/N-ethyl adjacent to an activating group) is 1. The second-order valence-electron chi connectivity index (χ2n) is 5.02. The van der Waals surface area contributed by atoms with E-state index in [1.165, 1.54) is 4.90 Å². The first kappa shape index (κ1) is 13.5. The van der Waals surface area contributed by atoms with Gasteiger partial charge in [-0.3, -0.25) is 14.5 Å². The summed E-state index contributed by atoms with van der Waals surface area (Å²) in [5.74, 6) is -0.686. The highest BCUT2D eigenvalue weighted by Crippen LogP contribution is 2.11. The Morgan fingerprint density at radius 3 is 2.35 bits per heavy atom. The number of hydrogen-bond acceptors (Lipinski definition) is 4. The van der Waals surface area contributed by atoms with Crippen molar-refractivity contribution in [2.45, 2.75) is 32.8 Å². The second kappa shape index (κ2) is 4.73. The number of ether oxygens (including phenoxy) is 1. The summed E-state index contributed by atoms with van der Waals surface area (Å²) < 4.78 is 5.09.